The van der Waals surface area contributed by atoms with Gasteiger partial charge in [0.05, 0.1) is 18.8 Å². The molecule has 5 rings (SSSR count). The number of rotatable bonds is 8. The number of ether oxygens (including phenoxy) is 1. The van der Waals surface area contributed by atoms with Crippen LogP contribution in [-0.4, -0.2) is 97.5 Å². The minimum absolute atomic E-state index is 0.0279. The fourth-order valence-electron chi connectivity index (χ4n) is 5.02. The largest absolute Gasteiger partial charge is 0.378 e. The lowest BCUT2D eigenvalue weighted by Gasteiger charge is -2.36. The van der Waals surface area contributed by atoms with Gasteiger partial charge in [0.25, 0.3) is 11.7 Å². The fraction of sp³-hybridized carbons (Fsp3) is 0.393. The number of aromatic nitrogens is 1. The Morgan fingerprint density at radius 3 is 2.30 bits per heavy atom. The summed E-state index contributed by atoms with van der Waals surface area (Å²) in [6, 6.07) is 17.7. The van der Waals surface area contributed by atoms with Gasteiger partial charge in [0.2, 0.25) is 5.91 Å². The Morgan fingerprint density at radius 1 is 0.838 bits per heavy atom. The topological polar surface area (TPSA) is 87.1 Å². The number of carbonyl (C=O) groups excluding carboxylic acids is 3. The van der Waals surface area contributed by atoms with Gasteiger partial charge < -0.3 is 24.4 Å². The molecule has 9 heteroatoms. The van der Waals surface area contributed by atoms with E-state index >= 15 is 0 Å². The summed E-state index contributed by atoms with van der Waals surface area (Å²) < 4.78 is 7.09. The number of benzene rings is 2. The number of ketones is 1. The van der Waals surface area contributed by atoms with Crippen LogP contribution in [0.1, 0.15) is 10.4 Å². The molecule has 1 N–H and O–H groups in total. The van der Waals surface area contributed by atoms with Crippen molar-refractivity contribution in [1.29, 1.82) is 0 Å². The SMILES string of the molecule is O=C(NCCN1CCN(c2ccccc2)CC1)C(=O)c1cn(CC(=O)N2CCOCC2)c2ccccc12. The monoisotopic (exact) mass is 503 g/mol. The zero-order chi connectivity index (χ0) is 25.6. The van der Waals surface area contributed by atoms with Crippen molar-refractivity contribution in [3.05, 3.63) is 66.4 Å². The second-order valence-corrected chi connectivity index (χ2v) is 9.43. The summed E-state index contributed by atoms with van der Waals surface area (Å²) in [5.74, 6) is -1.23. The maximum atomic E-state index is 13.1. The summed E-state index contributed by atoms with van der Waals surface area (Å²) in [7, 11) is 0. The predicted molar refractivity (Wildman–Crippen MR) is 142 cm³/mol. The van der Waals surface area contributed by atoms with E-state index in [9.17, 15) is 14.4 Å². The molecule has 0 saturated carbocycles. The summed E-state index contributed by atoms with van der Waals surface area (Å²) in [6.45, 7) is 7.08. The van der Waals surface area contributed by atoms with Crippen LogP contribution in [0.25, 0.3) is 10.9 Å². The number of piperazine rings is 1. The first-order valence-electron chi connectivity index (χ1n) is 12.9. The van der Waals surface area contributed by atoms with Crippen molar-refractivity contribution in [2.24, 2.45) is 0 Å². The Hall–Kier alpha value is -3.69. The molecule has 0 spiro atoms. The van der Waals surface area contributed by atoms with Crippen LogP contribution in [0.5, 0.6) is 0 Å². The quantitative estimate of drug-likeness (QED) is 0.371. The van der Waals surface area contributed by atoms with Gasteiger partial charge in [-0.05, 0) is 18.2 Å². The molecule has 0 unspecified atom stereocenters. The summed E-state index contributed by atoms with van der Waals surface area (Å²) in [5.41, 5.74) is 2.31. The molecule has 37 heavy (non-hydrogen) atoms. The number of nitrogens with one attached hydrogen (secondary N) is 1. The van der Waals surface area contributed by atoms with Crippen molar-refractivity contribution in [3.8, 4) is 0 Å². The molecule has 2 aromatic carbocycles. The number of nitrogens with zero attached hydrogens (tertiary/aromatic N) is 4. The normalized spacial score (nSPS) is 16.6. The minimum Gasteiger partial charge on any atom is -0.378 e. The van der Waals surface area contributed by atoms with Crippen LogP contribution in [0, 0.1) is 0 Å². The molecule has 2 aliphatic rings. The molecule has 2 fully saturated rings. The molecule has 3 aromatic rings. The van der Waals surface area contributed by atoms with Gasteiger partial charge in [0.15, 0.2) is 0 Å². The molecule has 3 heterocycles. The van der Waals surface area contributed by atoms with E-state index in [2.05, 4.69) is 27.2 Å². The average Bonchev–Trinajstić information content (AvgIpc) is 3.32. The predicted octanol–water partition coefficient (Wildman–Crippen LogP) is 1.62. The highest BCUT2D eigenvalue weighted by Gasteiger charge is 2.24. The number of amides is 2. The molecule has 2 amide bonds. The van der Waals surface area contributed by atoms with Crippen LogP contribution in [0.3, 0.4) is 0 Å². The highest BCUT2D eigenvalue weighted by molar-refractivity contribution is 6.45. The lowest BCUT2D eigenvalue weighted by Crippen LogP contribution is -2.48. The van der Waals surface area contributed by atoms with Gasteiger partial charge >= 0.3 is 0 Å². The van der Waals surface area contributed by atoms with Gasteiger partial charge in [0.1, 0.15) is 6.54 Å². The molecule has 2 saturated heterocycles. The molecular weight excluding hydrogens is 470 g/mol. The Morgan fingerprint density at radius 2 is 1.54 bits per heavy atom. The van der Waals surface area contributed by atoms with E-state index in [4.69, 9.17) is 4.74 Å². The first kappa shape index (κ1) is 25.0. The van der Waals surface area contributed by atoms with Crippen molar-refractivity contribution < 1.29 is 19.1 Å². The van der Waals surface area contributed by atoms with E-state index in [0.717, 1.165) is 31.7 Å². The van der Waals surface area contributed by atoms with E-state index in [1.54, 1.807) is 15.7 Å². The van der Waals surface area contributed by atoms with Crippen LogP contribution < -0.4 is 10.2 Å². The van der Waals surface area contributed by atoms with Crippen LogP contribution >= 0.6 is 0 Å². The Bertz CT molecular complexity index is 1240. The van der Waals surface area contributed by atoms with E-state index in [-0.39, 0.29) is 12.5 Å². The number of fused-ring (bicyclic) bond motifs is 1. The fourth-order valence-corrected chi connectivity index (χ4v) is 5.02. The van der Waals surface area contributed by atoms with Crippen molar-refractivity contribution in [2.45, 2.75) is 6.54 Å². The van der Waals surface area contributed by atoms with Crippen LogP contribution in [0.2, 0.25) is 0 Å². The highest BCUT2D eigenvalue weighted by atomic mass is 16.5. The Labute approximate surface area is 216 Å². The number of para-hydroxylation sites is 2. The third-order valence-corrected chi connectivity index (χ3v) is 7.12. The molecular formula is C28H33N5O4. The first-order valence-corrected chi connectivity index (χ1v) is 12.9. The maximum Gasteiger partial charge on any atom is 0.292 e. The second kappa shape index (κ2) is 11.6. The summed E-state index contributed by atoms with van der Waals surface area (Å²) in [4.78, 5) is 45.1. The van der Waals surface area contributed by atoms with E-state index < -0.39 is 11.7 Å². The number of Topliss-reactive ketones (excluding diaryl/α,β-unsaturated/α-hetero) is 1. The van der Waals surface area contributed by atoms with Gasteiger partial charge in [-0.1, -0.05) is 36.4 Å². The number of morpholine rings is 1. The van der Waals surface area contributed by atoms with Gasteiger partial charge in [-0.25, -0.2) is 0 Å². The Balaban J connectivity index is 1.16. The lowest BCUT2D eigenvalue weighted by molar-refractivity contribution is -0.135. The zero-order valence-corrected chi connectivity index (χ0v) is 21.0. The maximum absolute atomic E-state index is 13.1. The number of anilines is 1. The summed E-state index contributed by atoms with van der Waals surface area (Å²) in [6.07, 6.45) is 1.63. The van der Waals surface area contributed by atoms with E-state index in [1.807, 2.05) is 42.5 Å². The standard InChI is InChI=1S/C28H33N5O4/c34-26(32-16-18-37-19-17-32)21-33-20-24(23-8-4-5-9-25(23)33)27(35)28(36)29-10-11-30-12-14-31(15-13-30)22-6-2-1-3-7-22/h1-9,20H,10-19,21H2,(H,29,36). The van der Waals surface area contributed by atoms with Gasteiger partial charge in [-0.15, -0.1) is 0 Å². The van der Waals surface area contributed by atoms with Crippen molar-refractivity contribution in [3.63, 3.8) is 0 Å². The summed E-state index contributed by atoms with van der Waals surface area (Å²) >= 11 is 0. The molecule has 0 radical (unpaired) electrons. The number of hydrogen-bond acceptors (Lipinski definition) is 6. The van der Waals surface area contributed by atoms with Crippen molar-refractivity contribution in [1.82, 2.24) is 19.7 Å². The van der Waals surface area contributed by atoms with Crippen molar-refractivity contribution in [2.75, 3.05) is 70.5 Å². The van der Waals surface area contributed by atoms with Gasteiger partial charge in [0, 0.05) is 75.1 Å². The molecule has 0 aliphatic carbocycles. The van der Waals surface area contributed by atoms with Crippen LogP contribution in [0.15, 0.2) is 60.8 Å². The van der Waals surface area contributed by atoms with Crippen LogP contribution in [-0.2, 0) is 20.9 Å². The number of hydrogen-bond donors (Lipinski definition) is 1. The second-order valence-electron chi connectivity index (χ2n) is 9.43. The Kier molecular flexibility index (Phi) is 7.82. The average molecular weight is 504 g/mol. The third-order valence-electron chi connectivity index (χ3n) is 7.12. The molecule has 1 aromatic heterocycles. The minimum atomic E-state index is -0.620. The zero-order valence-electron chi connectivity index (χ0n) is 21.0. The van der Waals surface area contributed by atoms with Crippen LogP contribution in [0.4, 0.5) is 5.69 Å². The molecule has 0 atom stereocenters. The van der Waals surface area contributed by atoms with E-state index in [0.29, 0.717) is 50.3 Å². The number of carbonyl (C=O) groups is 3. The molecule has 194 valence electrons. The third kappa shape index (κ3) is 5.84. The smallest absolute Gasteiger partial charge is 0.292 e. The first-order chi connectivity index (χ1) is 18.1. The van der Waals surface area contributed by atoms with Gasteiger partial charge in [-0.3, -0.25) is 19.3 Å². The van der Waals surface area contributed by atoms with Crippen molar-refractivity contribution >= 4 is 34.2 Å². The molecule has 2 aliphatic heterocycles. The highest BCUT2D eigenvalue weighted by Crippen LogP contribution is 2.22. The molecule has 9 nitrogen and oxygen atoms in total. The van der Waals surface area contributed by atoms with Gasteiger partial charge in [-0.2, -0.15) is 0 Å². The summed E-state index contributed by atoms with van der Waals surface area (Å²) in [5, 5.41) is 3.47. The lowest BCUT2D eigenvalue weighted by atomic mass is 10.1. The molecule has 0 bridgehead atoms. The van der Waals surface area contributed by atoms with E-state index in [1.165, 1.54) is 5.69 Å².